The fourth-order valence-electron chi connectivity index (χ4n) is 2.72. The van der Waals surface area contributed by atoms with Gasteiger partial charge in [0.25, 0.3) is 0 Å². The number of hydrogen-bond donors (Lipinski definition) is 1. The van der Waals surface area contributed by atoms with Crippen molar-refractivity contribution in [1.29, 1.82) is 0 Å². The second-order valence-electron chi connectivity index (χ2n) is 5.44. The molecule has 1 fully saturated rings. The third-order valence-electron chi connectivity index (χ3n) is 3.24. The number of carbonyl (C=O) groups is 1. The van der Waals surface area contributed by atoms with Crippen LogP contribution >= 0.6 is 31.9 Å². The van der Waals surface area contributed by atoms with Crippen molar-refractivity contribution in [2.24, 2.45) is 5.92 Å². The normalized spacial score (nSPS) is 23.7. The summed E-state index contributed by atoms with van der Waals surface area (Å²) in [6.07, 6.45) is 3.24. The van der Waals surface area contributed by atoms with Crippen LogP contribution in [-0.4, -0.2) is 11.4 Å². The SMILES string of the molecule is CC(C)CC1(Cc2cc(Br)c(Br)o2)CCC(=O)N1. The van der Waals surface area contributed by atoms with E-state index in [1.54, 1.807) is 0 Å². The van der Waals surface area contributed by atoms with Crippen LogP contribution in [0.4, 0.5) is 0 Å². The second-order valence-corrected chi connectivity index (χ2v) is 7.01. The first-order valence-corrected chi connectivity index (χ1v) is 7.73. The summed E-state index contributed by atoms with van der Waals surface area (Å²) in [5.74, 6) is 1.60. The van der Waals surface area contributed by atoms with Crippen LogP contribution in [0, 0.1) is 5.92 Å². The van der Waals surface area contributed by atoms with Gasteiger partial charge in [0, 0.05) is 18.4 Å². The van der Waals surface area contributed by atoms with Gasteiger partial charge < -0.3 is 9.73 Å². The van der Waals surface area contributed by atoms with E-state index in [1.165, 1.54) is 0 Å². The lowest BCUT2D eigenvalue weighted by Gasteiger charge is -2.30. The minimum atomic E-state index is -0.137. The van der Waals surface area contributed by atoms with Crippen LogP contribution in [0.15, 0.2) is 19.6 Å². The lowest BCUT2D eigenvalue weighted by atomic mass is 9.84. The third kappa shape index (κ3) is 3.18. The van der Waals surface area contributed by atoms with E-state index in [1.807, 2.05) is 6.07 Å². The van der Waals surface area contributed by atoms with Crippen molar-refractivity contribution in [3.8, 4) is 0 Å². The van der Waals surface area contributed by atoms with Crippen molar-refractivity contribution < 1.29 is 9.21 Å². The molecule has 1 unspecified atom stereocenters. The van der Waals surface area contributed by atoms with E-state index in [2.05, 4.69) is 51.0 Å². The zero-order valence-electron chi connectivity index (χ0n) is 10.6. The number of amides is 1. The minimum absolute atomic E-state index is 0.137. The zero-order chi connectivity index (χ0) is 13.3. The monoisotopic (exact) mass is 377 g/mol. The Kier molecular flexibility index (Phi) is 4.22. The maximum Gasteiger partial charge on any atom is 0.220 e. The minimum Gasteiger partial charge on any atom is -0.453 e. The molecule has 1 aliphatic heterocycles. The predicted octanol–water partition coefficient (Wildman–Crippen LogP) is 4.04. The Morgan fingerprint density at radius 2 is 2.22 bits per heavy atom. The topological polar surface area (TPSA) is 42.2 Å². The number of hydrogen-bond acceptors (Lipinski definition) is 2. The number of nitrogens with one attached hydrogen (secondary N) is 1. The number of carbonyl (C=O) groups excluding carboxylic acids is 1. The summed E-state index contributed by atoms with van der Waals surface area (Å²) in [6, 6.07) is 1.97. The van der Waals surface area contributed by atoms with Crippen molar-refractivity contribution in [1.82, 2.24) is 5.32 Å². The van der Waals surface area contributed by atoms with E-state index >= 15 is 0 Å². The maximum atomic E-state index is 11.5. The van der Waals surface area contributed by atoms with Crippen LogP contribution in [0.1, 0.15) is 38.9 Å². The largest absolute Gasteiger partial charge is 0.453 e. The highest BCUT2D eigenvalue weighted by Gasteiger charge is 2.39. The molecule has 0 radical (unpaired) electrons. The molecule has 3 nitrogen and oxygen atoms in total. The fourth-order valence-corrected chi connectivity index (χ4v) is 3.38. The average molecular weight is 379 g/mol. The first kappa shape index (κ1) is 14.1. The van der Waals surface area contributed by atoms with Gasteiger partial charge in [-0.05, 0) is 56.7 Å². The molecule has 1 atom stereocenters. The van der Waals surface area contributed by atoms with E-state index in [9.17, 15) is 4.79 Å². The summed E-state index contributed by atoms with van der Waals surface area (Å²) in [5, 5.41) is 3.15. The molecule has 1 N–H and O–H groups in total. The molecule has 1 amide bonds. The van der Waals surface area contributed by atoms with Gasteiger partial charge in [0.1, 0.15) is 5.76 Å². The molecule has 0 saturated carbocycles. The van der Waals surface area contributed by atoms with E-state index in [-0.39, 0.29) is 11.4 Å². The molecule has 18 heavy (non-hydrogen) atoms. The fraction of sp³-hybridized carbons (Fsp3) is 0.615. The molecule has 1 saturated heterocycles. The Morgan fingerprint density at radius 3 is 2.67 bits per heavy atom. The summed E-state index contributed by atoms with van der Waals surface area (Å²) < 4.78 is 7.26. The lowest BCUT2D eigenvalue weighted by molar-refractivity contribution is -0.119. The van der Waals surface area contributed by atoms with Crippen LogP contribution in [-0.2, 0) is 11.2 Å². The Bertz CT molecular complexity index is 436. The van der Waals surface area contributed by atoms with Crippen molar-refractivity contribution >= 4 is 37.8 Å². The van der Waals surface area contributed by atoms with E-state index in [0.29, 0.717) is 17.0 Å². The summed E-state index contributed by atoms with van der Waals surface area (Å²) in [6.45, 7) is 4.36. The Hall–Kier alpha value is -0.290. The first-order chi connectivity index (χ1) is 8.40. The van der Waals surface area contributed by atoms with Crippen molar-refractivity contribution in [3.05, 3.63) is 21.0 Å². The van der Waals surface area contributed by atoms with Gasteiger partial charge in [-0.2, -0.15) is 0 Å². The second kappa shape index (κ2) is 5.37. The van der Waals surface area contributed by atoms with Gasteiger partial charge in [-0.1, -0.05) is 13.8 Å². The summed E-state index contributed by atoms with van der Waals surface area (Å²) in [7, 11) is 0. The molecule has 1 aromatic heterocycles. The summed E-state index contributed by atoms with van der Waals surface area (Å²) >= 11 is 6.76. The van der Waals surface area contributed by atoms with Gasteiger partial charge in [0.2, 0.25) is 5.91 Å². The third-order valence-corrected chi connectivity index (χ3v) is 4.95. The molecule has 5 heteroatoms. The molecule has 0 aliphatic carbocycles. The van der Waals surface area contributed by atoms with Crippen molar-refractivity contribution in [2.75, 3.05) is 0 Å². The highest BCUT2D eigenvalue weighted by atomic mass is 79.9. The molecule has 2 rings (SSSR count). The smallest absolute Gasteiger partial charge is 0.220 e. The quantitative estimate of drug-likeness (QED) is 0.858. The number of furan rings is 1. The van der Waals surface area contributed by atoms with Gasteiger partial charge in [0.15, 0.2) is 4.67 Å². The van der Waals surface area contributed by atoms with Gasteiger partial charge in [-0.25, -0.2) is 0 Å². The summed E-state index contributed by atoms with van der Waals surface area (Å²) in [5.41, 5.74) is -0.137. The van der Waals surface area contributed by atoms with E-state index < -0.39 is 0 Å². The van der Waals surface area contributed by atoms with Gasteiger partial charge in [0.05, 0.1) is 4.47 Å². The Balaban J connectivity index is 2.17. The van der Waals surface area contributed by atoms with Crippen LogP contribution < -0.4 is 5.32 Å². The molecule has 2 heterocycles. The molecule has 0 bridgehead atoms. The zero-order valence-corrected chi connectivity index (χ0v) is 13.7. The van der Waals surface area contributed by atoms with Crippen LogP contribution in [0.2, 0.25) is 0 Å². The average Bonchev–Trinajstić information content (AvgIpc) is 2.71. The molecule has 1 aliphatic rings. The maximum absolute atomic E-state index is 11.5. The van der Waals surface area contributed by atoms with Gasteiger partial charge in [-0.15, -0.1) is 0 Å². The molecule has 1 aromatic rings. The number of rotatable bonds is 4. The Morgan fingerprint density at radius 1 is 1.50 bits per heavy atom. The van der Waals surface area contributed by atoms with Crippen LogP contribution in [0.5, 0.6) is 0 Å². The van der Waals surface area contributed by atoms with E-state index in [4.69, 9.17) is 4.42 Å². The first-order valence-electron chi connectivity index (χ1n) is 6.15. The van der Waals surface area contributed by atoms with Crippen molar-refractivity contribution in [2.45, 2.75) is 45.1 Å². The molecule has 0 aromatic carbocycles. The van der Waals surface area contributed by atoms with Gasteiger partial charge >= 0.3 is 0 Å². The standard InChI is InChI=1S/C13H17Br2NO2/c1-8(2)6-13(4-3-11(17)16-13)7-9-5-10(14)12(15)18-9/h5,8H,3-4,6-7H2,1-2H3,(H,16,17). The van der Waals surface area contributed by atoms with E-state index in [0.717, 1.165) is 29.5 Å². The highest BCUT2D eigenvalue weighted by molar-refractivity contribution is 9.13. The van der Waals surface area contributed by atoms with Crippen LogP contribution in [0.3, 0.4) is 0 Å². The Labute approximate surface area is 124 Å². The summed E-state index contributed by atoms with van der Waals surface area (Å²) in [4.78, 5) is 11.5. The lowest BCUT2D eigenvalue weighted by Crippen LogP contribution is -2.44. The molecule has 100 valence electrons. The molecule has 0 spiro atoms. The van der Waals surface area contributed by atoms with Crippen molar-refractivity contribution in [3.63, 3.8) is 0 Å². The molecular weight excluding hydrogens is 362 g/mol. The highest BCUT2D eigenvalue weighted by Crippen LogP contribution is 2.34. The predicted molar refractivity (Wildman–Crippen MR) is 77.4 cm³/mol. The molecular formula is C13H17Br2NO2. The van der Waals surface area contributed by atoms with Gasteiger partial charge in [-0.3, -0.25) is 4.79 Å². The van der Waals surface area contributed by atoms with Crippen LogP contribution in [0.25, 0.3) is 0 Å². The number of halogens is 2.